The van der Waals surface area contributed by atoms with E-state index in [4.69, 9.17) is 11.6 Å². The second-order valence-corrected chi connectivity index (χ2v) is 8.80. The van der Waals surface area contributed by atoms with Crippen LogP contribution in [0.3, 0.4) is 0 Å². The topological polar surface area (TPSA) is 51.0 Å². The molecule has 5 rings (SSSR count). The number of nitrogens with zero attached hydrogens (tertiary/aromatic N) is 4. The molecular formula is C23H20ClF3N4O. The van der Waals surface area contributed by atoms with Gasteiger partial charge in [-0.1, -0.05) is 11.6 Å². The highest BCUT2D eigenvalue weighted by Crippen LogP contribution is 2.45. The van der Waals surface area contributed by atoms with Crippen molar-refractivity contribution in [2.24, 2.45) is 7.05 Å². The van der Waals surface area contributed by atoms with Crippen molar-refractivity contribution in [3.8, 4) is 11.3 Å². The number of benzene rings is 1. The van der Waals surface area contributed by atoms with E-state index in [1.165, 1.54) is 6.20 Å². The first kappa shape index (κ1) is 21.0. The number of pyridine rings is 1. The molecular weight excluding hydrogens is 441 g/mol. The van der Waals surface area contributed by atoms with Crippen LogP contribution < -0.4 is 0 Å². The van der Waals surface area contributed by atoms with Gasteiger partial charge in [0, 0.05) is 36.6 Å². The Labute approximate surface area is 187 Å². The summed E-state index contributed by atoms with van der Waals surface area (Å²) in [5.41, 5.74) is 3.38. The van der Waals surface area contributed by atoms with Crippen molar-refractivity contribution in [1.82, 2.24) is 19.7 Å². The van der Waals surface area contributed by atoms with Crippen LogP contribution in [0.4, 0.5) is 13.2 Å². The maximum Gasteiger partial charge on any atom is 0.257 e. The summed E-state index contributed by atoms with van der Waals surface area (Å²) in [6.45, 7) is 1.80. The standard InChI is InChI=1S/C23H20ClF3N4O/c1-11-9-28-10-15(19(11)24)23(32)31-13-4-3-5-18(31)21-14(8-13)22(30(2)29-21)12-6-16(25)20(27)17(26)7-12/h6-7,9-10,13,18H,3-5,8H2,1-2H3/t13-,18+/m1/s1. The molecule has 32 heavy (non-hydrogen) atoms. The summed E-state index contributed by atoms with van der Waals surface area (Å²) in [5.74, 6) is -4.19. The molecule has 1 aromatic carbocycles. The molecule has 2 aliphatic heterocycles. The summed E-state index contributed by atoms with van der Waals surface area (Å²) in [6, 6.07) is 1.59. The highest BCUT2D eigenvalue weighted by Gasteiger charge is 2.44. The zero-order valence-corrected chi connectivity index (χ0v) is 18.3. The highest BCUT2D eigenvalue weighted by molar-refractivity contribution is 6.34. The van der Waals surface area contributed by atoms with E-state index in [0.29, 0.717) is 34.8 Å². The van der Waals surface area contributed by atoms with Gasteiger partial charge in [0.2, 0.25) is 0 Å². The number of carbonyl (C=O) groups excluding carboxylic acids is 1. The Balaban J connectivity index is 1.61. The van der Waals surface area contributed by atoms with Crippen molar-refractivity contribution in [3.05, 3.63) is 69.4 Å². The first-order chi connectivity index (χ1) is 15.3. The first-order valence-electron chi connectivity index (χ1n) is 10.4. The number of aryl methyl sites for hydroxylation is 2. The Morgan fingerprint density at radius 3 is 2.59 bits per heavy atom. The molecule has 0 N–H and O–H groups in total. The number of halogens is 4. The van der Waals surface area contributed by atoms with Gasteiger partial charge in [0.1, 0.15) is 0 Å². The lowest BCUT2D eigenvalue weighted by atomic mass is 9.81. The van der Waals surface area contributed by atoms with Crippen LogP contribution >= 0.6 is 11.6 Å². The van der Waals surface area contributed by atoms with Crippen LogP contribution in [0, 0.1) is 24.4 Å². The quantitative estimate of drug-likeness (QED) is 0.497. The maximum atomic E-state index is 13.9. The summed E-state index contributed by atoms with van der Waals surface area (Å²) < 4.78 is 42.9. The van der Waals surface area contributed by atoms with Crippen molar-refractivity contribution in [3.63, 3.8) is 0 Å². The third kappa shape index (κ3) is 3.11. The van der Waals surface area contributed by atoms with Gasteiger partial charge < -0.3 is 4.90 Å². The van der Waals surface area contributed by atoms with Gasteiger partial charge in [-0.25, -0.2) is 13.2 Å². The molecule has 166 valence electrons. The van der Waals surface area contributed by atoms with Gasteiger partial charge >= 0.3 is 0 Å². The van der Waals surface area contributed by atoms with Gasteiger partial charge in [-0.2, -0.15) is 5.10 Å². The third-order valence-corrected chi connectivity index (χ3v) is 6.95. The molecule has 0 saturated carbocycles. The van der Waals surface area contributed by atoms with E-state index < -0.39 is 17.5 Å². The van der Waals surface area contributed by atoms with Crippen LogP contribution in [0.2, 0.25) is 5.02 Å². The molecule has 4 heterocycles. The van der Waals surface area contributed by atoms with Gasteiger partial charge in [-0.05, 0) is 50.3 Å². The lowest BCUT2D eigenvalue weighted by molar-refractivity contribution is 0.0391. The molecule has 1 fully saturated rings. The van der Waals surface area contributed by atoms with Crippen LogP contribution in [-0.2, 0) is 13.5 Å². The van der Waals surface area contributed by atoms with Crippen LogP contribution in [0.5, 0.6) is 0 Å². The molecule has 0 aliphatic carbocycles. The molecule has 2 atom stereocenters. The normalized spacial score (nSPS) is 19.8. The molecule has 9 heteroatoms. The Morgan fingerprint density at radius 2 is 1.88 bits per heavy atom. The number of rotatable bonds is 2. The number of fused-ring (bicyclic) bond motifs is 4. The SMILES string of the molecule is Cc1cncc(C(=O)N2[C@@H]3CCC[C@H]2c2nn(C)c(-c4cc(F)c(F)c(F)c4)c2C3)c1Cl. The van der Waals surface area contributed by atoms with E-state index in [1.54, 1.807) is 24.9 Å². The van der Waals surface area contributed by atoms with Gasteiger partial charge in [0.05, 0.1) is 28.0 Å². The monoisotopic (exact) mass is 460 g/mol. The number of hydrogen-bond donors (Lipinski definition) is 0. The summed E-state index contributed by atoms with van der Waals surface area (Å²) in [6.07, 6.45) is 6.02. The zero-order valence-electron chi connectivity index (χ0n) is 17.5. The largest absolute Gasteiger partial charge is 0.327 e. The molecule has 3 aromatic rings. The predicted molar refractivity (Wildman–Crippen MR) is 113 cm³/mol. The number of aromatic nitrogens is 3. The van der Waals surface area contributed by atoms with Crippen molar-refractivity contribution in [2.75, 3.05) is 0 Å². The minimum absolute atomic E-state index is 0.108. The fourth-order valence-corrected chi connectivity index (χ4v) is 5.22. The van der Waals surface area contributed by atoms with Crippen molar-refractivity contribution < 1.29 is 18.0 Å². The maximum absolute atomic E-state index is 13.9. The third-order valence-electron chi connectivity index (χ3n) is 6.45. The molecule has 0 radical (unpaired) electrons. The molecule has 2 bridgehead atoms. The molecule has 2 aromatic heterocycles. The Bertz CT molecular complexity index is 1240. The smallest absolute Gasteiger partial charge is 0.257 e. The number of carbonyl (C=O) groups is 1. The molecule has 2 aliphatic rings. The van der Waals surface area contributed by atoms with Crippen molar-refractivity contribution >= 4 is 17.5 Å². The minimum Gasteiger partial charge on any atom is -0.327 e. The Morgan fingerprint density at radius 1 is 1.16 bits per heavy atom. The van der Waals surface area contributed by atoms with E-state index in [9.17, 15) is 18.0 Å². The van der Waals surface area contributed by atoms with Gasteiger partial charge in [-0.3, -0.25) is 14.5 Å². The molecule has 0 unspecified atom stereocenters. The van der Waals surface area contributed by atoms with E-state index in [-0.39, 0.29) is 23.6 Å². The van der Waals surface area contributed by atoms with Gasteiger partial charge in [-0.15, -0.1) is 0 Å². The van der Waals surface area contributed by atoms with Crippen LogP contribution in [0.25, 0.3) is 11.3 Å². The molecule has 1 amide bonds. The highest BCUT2D eigenvalue weighted by atomic mass is 35.5. The lowest BCUT2D eigenvalue weighted by Crippen LogP contribution is -2.50. The fraction of sp³-hybridized carbons (Fsp3) is 0.348. The van der Waals surface area contributed by atoms with Crippen molar-refractivity contribution in [1.29, 1.82) is 0 Å². The van der Waals surface area contributed by atoms with Crippen LogP contribution in [0.1, 0.15) is 52.5 Å². The number of hydrogen-bond acceptors (Lipinski definition) is 3. The van der Waals surface area contributed by atoms with E-state index in [1.807, 2.05) is 4.90 Å². The Hall–Kier alpha value is -2.87. The fourth-order valence-electron chi connectivity index (χ4n) is 5.04. The molecule has 1 saturated heterocycles. The molecule has 5 nitrogen and oxygen atoms in total. The van der Waals surface area contributed by atoms with Gasteiger partial charge in [0.25, 0.3) is 5.91 Å². The van der Waals surface area contributed by atoms with Gasteiger partial charge in [0.15, 0.2) is 17.5 Å². The summed E-state index contributed by atoms with van der Waals surface area (Å²) in [5, 5.41) is 5.01. The van der Waals surface area contributed by atoms with Crippen molar-refractivity contribution in [2.45, 2.75) is 44.7 Å². The summed E-state index contributed by atoms with van der Waals surface area (Å²) in [4.78, 5) is 19.5. The predicted octanol–water partition coefficient (Wildman–Crippen LogP) is 5.15. The second-order valence-electron chi connectivity index (χ2n) is 8.42. The summed E-state index contributed by atoms with van der Waals surface area (Å²) >= 11 is 6.41. The minimum atomic E-state index is -1.50. The number of amides is 1. The van der Waals surface area contributed by atoms with Crippen LogP contribution in [0.15, 0.2) is 24.5 Å². The molecule has 0 spiro atoms. The first-order valence-corrected chi connectivity index (χ1v) is 10.8. The van der Waals surface area contributed by atoms with E-state index in [2.05, 4.69) is 10.1 Å². The summed E-state index contributed by atoms with van der Waals surface area (Å²) in [7, 11) is 1.68. The number of piperidine rings is 1. The average Bonchev–Trinajstić information content (AvgIpc) is 3.08. The average molecular weight is 461 g/mol. The lowest BCUT2D eigenvalue weighted by Gasteiger charge is -2.45. The Kier molecular flexibility index (Phi) is 5.00. The van der Waals surface area contributed by atoms with E-state index >= 15 is 0 Å². The van der Waals surface area contributed by atoms with Crippen LogP contribution in [-0.4, -0.2) is 31.6 Å². The van der Waals surface area contributed by atoms with E-state index in [0.717, 1.165) is 36.1 Å². The zero-order chi connectivity index (χ0) is 22.7. The second kappa shape index (κ2) is 7.62.